The maximum absolute atomic E-state index is 6.30. The Kier molecular flexibility index (Phi) is 22.3. The number of benzene rings is 12. The van der Waals surface area contributed by atoms with Gasteiger partial charge in [0.05, 0.1) is 91.7 Å². The monoisotopic (exact) mass is 2290 g/mol. The molecule has 15 heterocycles. The first-order valence-electron chi connectivity index (χ1n) is 42.6. The van der Waals surface area contributed by atoms with Gasteiger partial charge in [0, 0.05) is 63.0 Å². The zero-order valence-electron chi connectivity index (χ0n) is 70.5. The van der Waals surface area contributed by atoms with Crippen LogP contribution in [0.2, 0.25) is 0 Å². The molecule has 0 saturated carbocycles. The summed E-state index contributed by atoms with van der Waals surface area (Å²) < 4.78 is 57.6. The van der Waals surface area contributed by atoms with Crippen molar-refractivity contribution < 1.29 is 103 Å². The average Bonchev–Trinajstić information content (AvgIpc) is 1.61. The Bertz CT molecular complexity index is 8870. The molecular formula is C114H63N9O9Pt3. The van der Waals surface area contributed by atoms with Crippen LogP contribution in [0.1, 0.15) is 0 Å². The van der Waals surface area contributed by atoms with E-state index in [4.69, 9.17) is 59.7 Å². The molecule has 27 aromatic rings. The average molecular weight is 2290 g/mol. The number of para-hydroxylation sites is 6. The third kappa shape index (κ3) is 15.5. The van der Waals surface area contributed by atoms with Crippen LogP contribution in [-0.4, -0.2) is 43.6 Å². The fraction of sp³-hybridized carbons (Fsp3) is 0. The molecule has 0 fully saturated rings. The first-order chi connectivity index (χ1) is 65.4. The van der Waals surface area contributed by atoms with E-state index in [2.05, 4.69) is 151 Å². The standard InChI is InChI=1S/3C38H21N3O3.3Pt/c1-2-10-37-34(9-1)40-38(44-37)32-21-36-31(20-29(32)27-14-17-43-23-27)30-19-24(26-13-16-42-22-26)11-12-35(30)41(36)28-7-5-6-25(18-28)33-8-3-4-15-39-33;1-2-7-37-34(6-1)40-38(44-37)26-8-11-31-32-19-24(28-14-16-42-22-28)10-13-35(32)41(36(31)20-26)30-5-3-4-25(18-30)33-12-9-27(21-39-33)29-15-17-43-23-29;1-2-7-37-33(6-1)40-38(44-37)26-9-12-30-31-19-24(27-14-17-42-22-27)10-13-34(31)41(36(30)21-26)35-20-25(32-5-3-4-16-39-32)8-11-29(35)28-15-18-43-23-28;;;/h1-17,19-20,22-23H;1-17,19,21-23H;1-19,22-23H;;;/q3*-2;3*+2. The van der Waals surface area contributed by atoms with Gasteiger partial charge in [0.1, 0.15) is 34.4 Å². The van der Waals surface area contributed by atoms with Crippen LogP contribution in [-0.2, 0) is 63.2 Å². The first-order valence-corrected chi connectivity index (χ1v) is 42.6. The molecule has 0 aliphatic heterocycles. The van der Waals surface area contributed by atoms with E-state index in [1.165, 1.54) is 0 Å². The molecule has 0 amide bonds. The van der Waals surface area contributed by atoms with Gasteiger partial charge in [-0.05, 0) is 198 Å². The zero-order chi connectivity index (χ0) is 87.1. The molecule has 0 saturated heterocycles. The second-order valence-electron chi connectivity index (χ2n) is 31.7. The minimum absolute atomic E-state index is 0. The van der Waals surface area contributed by atoms with Gasteiger partial charge in [0.2, 0.25) is 0 Å². The van der Waals surface area contributed by atoms with E-state index >= 15 is 0 Å². The van der Waals surface area contributed by atoms with Crippen LogP contribution >= 0.6 is 0 Å². The molecule has 0 atom stereocenters. The number of oxazole rings is 3. The number of nitrogens with zero attached hydrogens (tertiary/aromatic N) is 9. The summed E-state index contributed by atoms with van der Waals surface area (Å²) in [5, 5.41) is 6.37. The smallest absolute Gasteiger partial charge is 0.481 e. The Labute approximate surface area is 811 Å². The quantitative estimate of drug-likeness (QED) is 0.0874. The number of hydrogen-bond acceptors (Lipinski definition) is 15. The van der Waals surface area contributed by atoms with Gasteiger partial charge in [-0.3, -0.25) is 15.0 Å². The Hall–Kier alpha value is -16.4. The van der Waals surface area contributed by atoms with E-state index in [-0.39, 0.29) is 63.2 Å². The van der Waals surface area contributed by atoms with E-state index in [0.29, 0.717) is 17.7 Å². The predicted octanol–water partition coefficient (Wildman–Crippen LogP) is 29.3. The summed E-state index contributed by atoms with van der Waals surface area (Å²) in [7, 11) is 0. The molecule has 135 heavy (non-hydrogen) atoms. The van der Waals surface area contributed by atoms with Crippen molar-refractivity contribution in [3.05, 3.63) is 421 Å². The van der Waals surface area contributed by atoms with Crippen molar-refractivity contribution in [3.63, 3.8) is 0 Å². The van der Waals surface area contributed by atoms with Gasteiger partial charge in [-0.25, -0.2) is 0 Å². The molecule has 0 aliphatic rings. The van der Waals surface area contributed by atoms with Crippen LogP contribution in [0.15, 0.2) is 425 Å². The molecule has 18 nitrogen and oxygen atoms in total. The number of aromatic nitrogens is 9. The van der Waals surface area contributed by atoms with Gasteiger partial charge in [0.25, 0.3) is 0 Å². The summed E-state index contributed by atoms with van der Waals surface area (Å²) in [6.45, 7) is 0. The van der Waals surface area contributed by atoms with E-state index in [1.54, 1.807) is 87.6 Å². The van der Waals surface area contributed by atoms with Crippen LogP contribution in [0.5, 0.6) is 0 Å². The fourth-order valence-electron chi connectivity index (χ4n) is 17.6. The molecule has 0 bridgehead atoms. The normalized spacial score (nSPS) is 11.4. The molecule has 648 valence electrons. The number of fused-ring (bicyclic) bond motifs is 12. The van der Waals surface area contributed by atoms with Crippen molar-refractivity contribution in [3.8, 4) is 152 Å². The third-order valence-electron chi connectivity index (χ3n) is 23.9. The van der Waals surface area contributed by atoms with Crippen LogP contribution in [0.25, 0.3) is 251 Å². The minimum Gasteiger partial charge on any atom is -0.481 e. The summed E-state index contributed by atoms with van der Waals surface area (Å²) in [4.78, 5) is 28.3. The molecule has 0 unspecified atom stereocenters. The third-order valence-corrected chi connectivity index (χ3v) is 23.9. The topological polar surface area (TPSA) is 210 Å². The molecule has 0 radical (unpaired) electrons. The Morgan fingerprint density at radius 1 is 0.244 bits per heavy atom. The SMILES string of the molecule is [Pt+2].[Pt+2].[Pt+2].[c-]1c(-c2ccc(-c3ccoc3)cn2)cccc1-n1c2[c-]c(-c3nc4ccccc4o3)ccc2c2cc(-c3ccoc3)ccc21.[c-]1c(-c2ccccn2)ccc(-c2ccoc2)c1-n1c2[c-]c(-c3nc4ccccc4o3)ccc2c2cc(-c3ccoc3)ccc21.[c-]1c(-c2ccccn2)cccc1-n1c2[c-]c(-c3nc4ccccc4o3)c(-c3ccoc3)cc2c2cc(-c3ccoc3)ccc21. The van der Waals surface area contributed by atoms with Gasteiger partial charge < -0.3 is 68.4 Å². The molecule has 15 aromatic heterocycles. The second kappa shape index (κ2) is 35.7. The Balaban J connectivity index is 0.000000116. The van der Waals surface area contributed by atoms with Crippen LogP contribution in [0.4, 0.5) is 0 Å². The van der Waals surface area contributed by atoms with Gasteiger partial charge in [-0.2, -0.15) is 0 Å². The van der Waals surface area contributed by atoms with Gasteiger partial charge in [0.15, 0.2) is 0 Å². The first kappa shape index (κ1) is 84.2. The summed E-state index contributed by atoms with van der Waals surface area (Å²) in [6.07, 6.45) is 26.1. The molecule has 21 heteroatoms. The van der Waals surface area contributed by atoms with Crippen molar-refractivity contribution in [2.75, 3.05) is 0 Å². The molecule has 0 aliphatic carbocycles. The van der Waals surface area contributed by atoms with Crippen LogP contribution < -0.4 is 0 Å². The van der Waals surface area contributed by atoms with Crippen LogP contribution in [0, 0.1) is 36.4 Å². The maximum atomic E-state index is 6.30. The minimum atomic E-state index is 0. The summed E-state index contributed by atoms with van der Waals surface area (Å²) in [5.74, 6) is 1.54. The van der Waals surface area contributed by atoms with Crippen molar-refractivity contribution in [2.24, 2.45) is 0 Å². The maximum Gasteiger partial charge on any atom is 2.00 e. The number of rotatable bonds is 15. The van der Waals surface area contributed by atoms with Gasteiger partial charge in [-0.15, -0.1) is 132 Å². The fourth-order valence-corrected chi connectivity index (χ4v) is 17.6. The van der Waals surface area contributed by atoms with E-state index < -0.39 is 0 Å². The number of hydrogen-bond donors (Lipinski definition) is 0. The van der Waals surface area contributed by atoms with Crippen molar-refractivity contribution in [1.29, 1.82) is 0 Å². The molecular weight excluding hydrogens is 2220 g/mol. The van der Waals surface area contributed by atoms with Gasteiger partial charge >= 0.3 is 63.2 Å². The van der Waals surface area contributed by atoms with Gasteiger partial charge in [-0.1, -0.05) is 153 Å². The van der Waals surface area contributed by atoms with E-state index in [9.17, 15) is 0 Å². The predicted molar refractivity (Wildman–Crippen MR) is 510 cm³/mol. The van der Waals surface area contributed by atoms with E-state index in [1.807, 2.05) is 206 Å². The summed E-state index contributed by atoms with van der Waals surface area (Å²) >= 11 is 0. The summed E-state index contributed by atoms with van der Waals surface area (Å²) in [5.41, 5.74) is 32.4. The molecule has 0 N–H and O–H groups in total. The van der Waals surface area contributed by atoms with E-state index in [0.717, 1.165) is 233 Å². The number of furan rings is 6. The largest absolute Gasteiger partial charge is 2.00 e. The second-order valence-corrected chi connectivity index (χ2v) is 31.7. The van der Waals surface area contributed by atoms with Crippen molar-refractivity contribution in [1.82, 2.24) is 43.6 Å². The zero-order valence-corrected chi connectivity index (χ0v) is 77.3. The molecule has 27 rings (SSSR count). The van der Waals surface area contributed by atoms with Crippen LogP contribution in [0.3, 0.4) is 0 Å². The number of pyridine rings is 3. The van der Waals surface area contributed by atoms with Crippen molar-refractivity contribution >= 4 is 98.7 Å². The Morgan fingerprint density at radius 3 is 1.09 bits per heavy atom. The summed E-state index contributed by atoms with van der Waals surface area (Å²) in [6, 6.07) is 119. The molecule has 12 aromatic carbocycles. The molecule has 0 spiro atoms. The van der Waals surface area contributed by atoms with Crippen molar-refractivity contribution in [2.45, 2.75) is 0 Å². The Morgan fingerprint density at radius 2 is 0.637 bits per heavy atom.